The first-order valence-electron chi connectivity index (χ1n) is 3.99. The molecule has 3 heteroatoms. The molecular formula is C6H8O3. The third-order valence-electron chi connectivity index (χ3n) is 1.57. The lowest BCUT2D eigenvalue weighted by Crippen LogP contribution is -2.13. The molecule has 3 unspecified atom stereocenters. The van der Waals surface area contributed by atoms with Gasteiger partial charge in [-0.05, 0) is 6.42 Å². The second kappa shape index (κ2) is 1.78. The fourth-order valence-electron chi connectivity index (χ4n) is 1.07. The van der Waals surface area contributed by atoms with Crippen LogP contribution < -0.4 is 0 Å². The van der Waals surface area contributed by atoms with Crippen LogP contribution in [0.5, 0.6) is 0 Å². The molecule has 0 amide bonds. The van der Waals surface area contributed by atoms with E-state index in [1.165, 1.54) is 0 Å². The summed E-state index contributed by atoms with van der Waals surface area (Å²) in [5.74, 6) is -0.859. The minimum absolute atomic E-state index is 0.322. The molecule has 0 saturated carbocycles. The number of fused-ring (bicyclic) bond motifs is 1. The number of Topliss-reactive ketones (excluding diaryl/α,β-unsaturated/α-hetero) is 1. The molecule has 2 saturated heterocycles. The third kappa shape index (κ3) is 0.686. The van der Waals surface area contributed by atoms with Crippen molar-refractivity contribution in [2.45, 2.75) is 12.7 Å². The fourth-order valence-corrected chi connectivity index (χ4v) is 1.07. The zero-order chi connectivity index (χ0) is 8.06. The van der Waals surface area contributed by atoms with Crippen molar-refractivity contribution in [3.05, 3.63) is 0 Å². The largest absolute Gasteiger partial charge is 0.352 e. The first-order chi connectivity index (χ1) is 5.13. The molecule has 2 rings (SSSR count). The summed E-state index contributed by atoms with van der Waals surface area (Å²) >= 11 is 0. The zero-order valence-corrected chi connectivity index (χ0v) is 4.79. The molecule has 50 valence electrons. The summed E-state index contributed by atoms with van der Waals surface area (Å²) in [4.78, 5) is 11.1. The van der Waals surface area contributed by atoms with Gasteiger partial charge in [-0.2, -0.15) is 0 Å². The van der Waals surface area contributed by atoms with Gasteiger partial charge in [0.25, 0.3) is 0 Å². The van der Waals surface area contributed by atoms with Gasteiger partial charge < -0.3 is 9.47 Å². The predicted molar refractivity (Wildman–Crippen MR) is 28.8 cm³/mol. The molecule has 0 bridgehead atoms. The topological polar surface area (TPSA) is 35.5 Å². The van der Waals surface area contributed by atoms with E-state index in [9.17, 15) is 4.79 Å². The molecule has 2 aliphatic rings. The van der Waals surface area contributed by atoms with E-state index >= 15 is 0 Å². The predicted octanol–water partition coefficient (Wildman–Crippen LogP) is -0.0517. The van der Waals surface area contributed by atoms with Gasteiger partial charge >= 0.3 is 0 Å². The van der Waals surface area contributed by atoms with Gasteiger partial charge in [0.15, 0.2) is 12.0 Å². The lowest BCUT2D eigenvalue weighted by atomic mass is 10.1. The molecule has 0 N–H and O–H groups in total. The van der Waals surface area contributed by atoms with E-state index in [4.69, 9.17) is 12.2 Å². The number of hydrogen-bond acceptors (Lipinski definition) is 3. The summed E-state index contributed by atoms with van der Waals surface area (Å²) in [6.45, 7) is -0.829. The van der Waals surface area contributed by atoms with Gasteiger partial charge in [0, 0.05) is 0 Å². The molecule has 0 aromatic rings. The number of carbonyl (C=O) groups is 1. The molecule has 0 aromatic heterocycles. The van der Waals surface area contributed by atoms with E-state index < -0.39 is 18.8 Å². The van der Waals surface area contributed by atoms with Gasteiger partial charge in [-0.15, -0.1) is 0 Å². The number of hydrogen-bond donors (Lipinski definition) is 0. The SMILES string of the molecule is [2H]C1OC2([2H])OCCC2C1=O. The van der Waals surface area contributed by atoms with Crippen LogP contribution in [0, 0.1) is 5.92 Å². The quantitative estimate of drug-likeness (QED) is 0.461. The molecular weight excluding hydrogens is 120 g/mol. The minimum atomic E-state index is -1.54. The third-order valence-corrected chi connectivity index (χ3v) is 1.57. The summed E-state index contributed by atoms with van der Waals surface area (Å²) in [7, 11) is 0. The highest BCUT2D eigenvalue weighted by Gasteiger charge is 2.40. The van der Waals surface area contributed by atoms with Crippen LogP contribution in [0.25, 0.3) is 0 Å². The molecule has 3 atom stereocenters. The number of rotatable bonds is 0. The van der Waals surface area contributed by atoms with Crippen molar-refractivity contribution in [1.82, 2.24) is 0 Å². The van der Waals surface area contributed by atoms with Crippen molar-refractivity contribution in [3.63, 3.8) is 0 Å². The molecule has 0 aromatic carbocycles. The molecule has 3 nitrogen and oxygen atoms in total. The zero-order valence-electron chi connectivity index (χ0n) is 6.79. The second-order valence-electron chi connectivity index (χ2n) is 2.15. The van der Waals surface area contributed by atoms with Crippen LogP contribution in [0.3, 0.4) is 0 Å². The van der Waals surface area contributed by atoms with Crippen LogP contribution in [0.2, 0.25) is 0 Å². The molecule has 9 heavy (non-hydrogen) atoms. The van der Waals surface area contributed by atoms with Crippen molar-refractivity contribution in [3.8, 4) is 0 Å². The molecule has 0 spiro atoms. The van der Waals surface area contributed by atoms with Crippen molar-refractivity contribution in [2.75, 3.05) is 13.2 Å². The summed E-state index contributed by atoms with van der Waals surface area (Å²) in [6.07, 6.45) is -1.03. The monoisotopic (exact) mass is 130 g/mol. The lowest BCUT2D eigenvalue weighted by Gasteiger charge is -2.02. The van der Waals surface area contributed by atoms with E-state index in [0.717, 1.165) is 0 Å². The van der Waals surface area contributed by atoms with E-state index in [-0.39, 0.29) is 5.78 Å². The Balaban J connectivity index is 2.28. The Hall–Kier alpha value is -0.410. The second-order valence-corrected chi connectivity index (χ2v) is 2.15. The molecule has 2 aliphatic heterocycles. The van der Waals surface area contributed by atoms with E-state index in [0.29, 0.717) is 13.0 Å². The highest BCUT2D eigenvalue weighted by Crippen LogP contribution is 2.27. The molecule has 0 aliphatic carbocycles. The maximum absolute atomic E-state index is 11.1. The number of ether oxygens (including phenoxy) is 2. The van der Waals surface area contributed by atoms with Gasteiger partial charge in [0.1, 0.15) is 6.58 Å². The average molecular weight is 130 g/mol. The van der Waals surface area contributed by atoms with Gasteiger partial charge in [-0.1, -0.05) is 0 Å². The Labute approximate surface area is 55.8 Å². The van der Waals surface area contributed by atoms with Crippen molar-refractivity contribution >= 4 is 5.78 Å². The standard InChI is InChI=1S/C6H8O3/c7-5-3-9-6-4(5)1-2-8-6/h4,6H,1-3H2/i3D,6D. The van der Waals surface area contributed by atoms with Crippen LogP contribution in [0.4, 0.5) is 0 Å². The maximum atomic E-state index is 11.1. The first-order valence-corrected chi connectivity index (χ1v) is 2.91. The Morgan fingerprint density at radius 3 is 3.44 bits per heavy atom. The summed E-state index contributed by atoms with van der Waals surface area (Å²) in [5.41, 5.74) is 0. The van der Waals surface area contributed by atoms with Crippen LogP contribution >= 0.6 is 0 Å². The molecule has 0 radical (unpaired) electrons. The van der Waals surface area contributed by atoms with Gasteiger partial charge in [0.2, 0.25) is 0 Å². The Bertz CT molecular complexity index is 208. The maximum Gasteiger partial charge on any atom is 0.168 e. The van der Waals surface area contributed by atoms with Crippen LogP contribution in [0.1, 0.15) is 9.16 Å². The highest BCUT2D eigenvalue weighted by atomic mass is 16.7. The Morgan fingerprint density at radius 1 is 1.78 bits per heavy atom. The fraction of sp³-hybridized carbons (Fsp3) is 0.833. The van der Waals surface area contributed by atoms with Gasteiger partial charge in [0.05, 0.1) is 15.3 Å². The van der Waals surface area contributed by atoms with Crippen molar-refractivity contribution in [1.29, 1.82) is 0 Å². The van der Waals surface area contributed by atoms with Crippen LogP contribution in [-0.2, 0) is 14.3 Å². The summed E-state index contributed by atoms with van der Waals surface area (Å²) in [5, 5.41) is 0. The van der Waals surface area contributed by atoms with Crippen LogP contribution in [-0.4, -0.2) is 25.2 Å². The molecule has 2 fully saturated rings. The lowest BCUT2D eigenvalue weighted by molar-refractivity contribution is -0.120. The normalized spacial score (nSPS) is 61.1. The summed E-state index contributed by atoms with van der Waals surface area (Å²) < 4.78 is 24.2. The van der Waals surface area contributed by atoms with Crippen molar-refractivity contribution in [2.24, 2.45) is 5.92 Å². The summed E-state index contributed by atoms with van der Waals surface area (Å²) in [6, 6.07) is 0. The Kier molecular flexibility index (Phi) is 0.731. The average Bonchev–Trinajstić information content (AvgIpc) is 2.36. The minimum Gasteiger partial charge on any atom is -0.352 e. The first kappa shape index (κ1) is 3.68. The molecule has 2 heterocycles. The smallest absolute Gasteiger partial charge is 0.168 e. The van der Waals surface area contributed by atoms with Crippen molar-refractivity contribution < 1.29 is 17.0 Å². The van der Waals surface area contributed by atoms with Gasteiger partial charge in [-0.3, -0.25) is 4.79 Å². The highest BCUT2D eigenvalue weighted by molar-refractivity contribution is 5.84. The Morgan fingerprint density at radius 2 is 2.67 bits per heavy atom. The van der Waals surface area contributed by atoms with E-state index in [1.807, 2.05) is 0 Å². The van der Waals surface area contributed by atoms with E-state index in [1.54, 1.807) is 0 Å². The van der Waals surface area contributed by atoms with Gasteiger partial charge in [-0.25, -0.2) is 0 Å². The van der Waals surface area contributed by atoms with Crippen LogP contribution in [0.15, 0.2) is 0 Å². The number of carbonyl (C=O) groups excluding carboxylic acids is 1. The number of ketones is 1. The van der Waals surface area contributed by atoms with E-state index in [2.05, 4.69) is 0 Å².